The number of carbonyl (C=O) groups excluding carboxylic acids is 1. The average molecular weight is 173 g/mol. The van der Waals surface area contributed by atoms with E-state index >= 15 is 0 Å². The van der Waals surface area contributed by atoms with Crippen molar-refractivity contribution in [1.29, 1.82) is 0 Å². The highest BCUT2D eigenvalue weighted by Gasteiger charge is 2.09. The predicted octanol–water partition coefficient (Wildman–Crippen LogP) is 0.548. The van der Waals surface area contributed by atoms with Crippen LogP contribution in [0, 0.1) is 0 Å². The van der Waals surface area contributed by atoms with Crippen molar-refractivity contribution < 1.29 is 14.7 Å². The van der Waals surface area contributed by atoms with Gasteiger partial charge in [0.05, 0.1) is 0 Å². The molecule has 0 aromatic carbocycles. The zero-order valence-electron chi connectivity index (χ0n) is 7.03. The van der Waals surface area contributed by atoms with Crippen molar-refractivity contribution >= 4 is 12.3 Å². The molecule has 0 aromatic rings. The topological polar surface area (TPSA) is 80.4 Å². The van der Waals surface area contributed by atoms with Gasteiger partial charge in [0, 0.05) is 6.42 Å². The largest absolute Gasteiger partial charge is 0.480 e. The molecule has 0 rings (SSSR count). The Morgan fingerprint density at radius 2 is 2.08 bits per heavy atom. The van der Waals surface area contributed by atoms with E-state index in [0.29, 0.717) is 12.8 Å². The van der Waals surface area contributed by atoms with Crippen LogP contribution in [0.3, 0.4) is 0 Å². The molecular formula is C8H15NO3. The first-order chi connectivity index (χ1) is 5.68. The minimum Gasteiger partial charge on any atom is -0.480 e. The highest BCUT2D eigenvalue weighted by molar-refractivity contribution is 5.72. The molecular weight excluding hydrogens is 158 g/mol. The summed E-state index contributed by atoms with van der Waals surface area (Å²) < 4.78 is 0. The van der Waals surface area contributed by atoms with Crippen LogP contribution in [0.4, 0.5) is 0 Å². The SMILES string of the molecule is NC(CCCCCC=O)C(=O)O. The van der Waals surface area contributed by atoms with Gasteiger partial charge in [-0.15, -0.1) is 0 Å². The molecule has 0 aliphatic carbocycles. The van der Waals surface area contributed by atoms with Gasteiger partial charge in [-0.1, -0.05) is 12.8 Å². The summed E-state index contributed by atoms with van der Waals surface area (Å²) >= 11 is 0. The second-order valence-electron chi connectivity index (χ2n) is 2.75. The molecule has 3 N–H and O–H groups in total. The molecule has 0 saturated carbocycles. The summed E-state index contributed by atoms with van der Waals surface area (Å²) in [6.45, 7) is 0. The number of carbonyl (C=O) groups is 2. The van der Waals surface area contributed by atoms with Gasteiger partial charge in [-0.3, -0.25) is 4.79 Å². The van der Waals surface area contributed by atoms with Gasteiger partial charge in [0.25, 0.3) is 0 Å². The monoisotopic (exact) mass is 173 g/mol. The Hall–Kier alpha value is -0.900. The smallest absolute Gasteiger partial charge is 0.320 e. The summed E-state index contributed by atoms with van der Waals surface area (Å²) in [4.78, 5) is 20.1. The van der Waals surface area contributed by atoms with Crippen LogP contribution in [0.25, 0.3) is 0 Å². The molecule has 0 bridgehead atoms. The van der Waals surface area contributed by atoms with Crippen molar-refractivity contribution in [2.45, 2.75) is 38.1 Å². The van der Waals surface area contributed by atoms with Crippen LogP contribution in [0.15, 0.2) is 0 Å². The van der Waals surface area contributed by atoms with E-state index in [1.165, 1.54) is 0 Å². The van der Waals surface area contributed by atoms with Crippen molar-refractivity contribution in [2.75, 3.05) is 0 Å². The van der Waals surface area contributed by atoms with Gasteiger partial charge in [-0.2, -0.15) is 0 Å². The number of carboxylic acids is 1. The first-order valence-corrected chi connectivity index (χ1v) is 4.10. The third kappa shape index (κ3) is 5.85. The molecule has 0 radical (unpaired) electrons. The fraction of sp³-hybridized carbons (Fsp3) is 0.750. The molecule has 0 heterocycles. The lowest BCUT2D eigenvalue weighted by Crippen LogP contribution is -2.29. The standard InChI is InChI=1S/C8H15NO3/c9-7(8(11)12)5-3-1-2-4-6-10/h6-7H,1-5,9H2,(H,11,12). The number of aliphatic carboxylic acids is 1. The molecule has 4 heteroatoms. The molecule has 0 aromatic heterocycles. The molecule has 0 aliphatic rings. The van der Waals surface area contributed by atoms with E-state index in [0.717, 1.165) is 25.5 Å². The second-order valence-corrected chi connectivity index (χ2v) is 2.75. The van der Waals surface area contributed by atoms with Gasteiger partial charge in [0.15, 0.2) is 0 Å². The number of nitrogens with two attached hydrogens (primary N) is 1. The molecule has 4 nitrogen and oxygen atoms in total. The molecule has 1 atom stereocenters. The van der Waals surface area contributed by atoms with Gasteiger partial charge >= 0.3 is 5.97 Å². The van der Waals surface area contributed by atoms with Crippen molar-refractivity contribution in [3.05, 3.63) is 0 Å². The van der Waals surface area contributed by atoms with Crippen LogP contribution in [-0.2, 0) is 9.59 Å². The lowest BCUT2D eigenvalue weighted by Gasteiger charge is -2.04. The fourth-order valence-electron chi connectivity index (χ4n) is 0.892. The van der Waals surface area contributed by atoms with E-state index < -0.39 is 12.0 Å². The quantitative estimate of drug-likeness (QED) is 0.435. The van der Waals surface area contributed by atoms with Crippen molar-refractivity contribution in [2.24, 2.45) is 5.73 Å². The van der Waals surface area contributed by atoms with E-state index in [9.17, 15) is 9.59 Å². The van der Waals surface area contributed by atoms with Crippen molar-refractivity contribution in [3.8, 4) is 0 Å². The molecule has 0 aliphatic heterocycles. The fourth-order valence-corrected chi connectivity index (χ4v) is 0.892. The maximum atomic E-state index is 10.2. The number of rotatable bonds is 7. The Bertz CT molecular complexity index is 147. The minimum atomic E-state index is -0.953. The van der Waals surface area contributed by atoms with E-state index in [4.69, 9.17) is 10.8 Å². The Labute approximate surface area is 71.8 Å². The summed E-state index contributed by atoms with van der Waals surface area (Å²) in [5, 5.41) is 8.40. The highest BCUT2D eigenvalue weighted by atomic mass is 16.4. The number of hydrogen-bond acceptors (Lipinski definition) is 3. The lowest BCUT2D eigenvalue weighted by atomic mass is 10.1. The molecule has 0 fully saturated rings. The van der Waals surface area contributed by atoms with Crippen LogP contribution >= 0.6 is 0 Å². The van der Waals surface area contributed by atoms with E-state index in [2.05, 4.69) is 0 Å². The van der Waals surface area contributed by atoms with Crippen LogP contribution in [0.5, 0.6) is 0 Å². The number of aldehydes is 1. The van der Waals surface area contributed by atoms with Gasteiger partial charge < -0.3 is 15.6 Å². The van der Waals surface area contributed by atoms with Crippen molar-refractivity contribution in [1.82, 2.24) is 0 Å². The van der Waals surface area contributed by atoms with Gasteiger partial charge in [-0.25, -0.2) is 0 Å². The minimum absolute atomic E-state index is 0.494. The van der Waals surface area contributed by atoms with Gasteiger partial charge in [0.2, 0.25) is 0 Å². The zero-order chi connectivity index (χ0) is 9.40. The van der Waals surface area contributed by atoms with Crippen LogP contribution < -0.4 is 5.73 Å². The molecule has 0 saturated heterocycles. The Balaban J connectivity index is 3.19. The normalized spacial score (nSPS) is 12.4. The predicted molar refractivity (Wildman–Crippen MR) is 44.8 cm³/mol. The summed E-state index contributed by atoms with van der Waals surface area (Å²) in [7, 11) is 0. The van der Waals surface area contributed by atoms with Crippen LogP contribution in [0.2, 0.25) is 0 Å². The number of unbranched alkanes of at least 4 members (excludes halogenated alkanes) is 3. The maximum absolute atomic E-state index is 10.2. The highest BCUT2D eigenvalue weighted by Crippen LogP contribution is 2.03. The Morgan fingerprint density at radius 3 is 2.58 bits per heavy atom. The average Bonchev–Trinajstić information content (AvgIpc) is 2.03. The lowest BCUT2D eigenvalue weighted by molar-refractivity contribution is -0.138. The van der Waals surface area contributed by atoms with Crippen LogP contribution in [0.1, 0.15) is 32.1 Å². The first-order valence-electron chi connectivity index (χ1n) is 4.10. The molecule has 0 spiro atoms. The molecule has 0 amide bonds. The van der Waals surface area contributed by atoms with Crippen molar-refractivity contribution in [3.63, 3.8) is 0 Å². The van der Waals surface area contributed by atoms with E-state index in [-0.39, 0.29) is 0 Å². The Morgan fingerprint density at radius 1 is 1.42 bits per heavy atom. The zero-order valence-corrected chi connectivity index (χ0v) is 7.03. The third-order valence-corrected chi connectivity index (χ3v) is 1.65. The molecule has 70 valence electrons. The summed E-state index contributed by atoms with van der Waals surface area (Å²) in [5.74, 6) is -0.953. The van der Waals surface area contributed by atoms with Gasteiger partial charge in [-0.05, 0) is 12.8 Å². The maximum Gasteiger partial charge on any atom is 0.320 e. The Kier molecular flexibility index (Phi) is 6.28. The van der Waals surface area contributed by atoms with E-state index in [1.54, 1.807) is 0 Å². The summed E-state index contributed by atoms with van der Waals surface area (Å²) in [6, 6.07) is -0.749. The molecule has 1 unspecified atom stereocenters. The summed E-state index contributed by atoms with van der Waals surface area (Å²) in [6.07, 6.45) is 4.41. The number of carboxylic acid groups (broad SMARTS) is 1. The van der Waals surface area contributed by atoms with Gasteiger partial charge in [0.1, 0.15) is 12.3 Å². The third-order valence-electron chi connectivity index (χ3n) is 1.65. The van der Waals surface area contributed by atoms with Crippen LogP contribution in [-0.4, -0.2) is 23.4 Å². The first kappa shape index (κ1) is 11.1. The number of hydrogen-bond donors (Lipinski definition) is 2. The molecule has 12 heavy (non-hydrogen) atoms. The van der Waals surface area contributed by atoms with E-state index in [1.807, 2.05) is 0 Å². The second kappa shape index (κ2) is 6.79. The summed E-state index contributed by atoms with van der Waals surface area (Å²) in [5.41, 5.74) is 5.26.